The van der Waals surface area contributed by atoms with Crippen molar-refractivity contribution >= 4 is 5.95 Å². The number of rotatable bonds is 10. The first-order valence-corrected chi connectivity index (χ1v) is 11.5. The third-order valence-corrected chi connectivity index (χ3v) is 5.99. The fraction of sp³-hybridized carbons (Fsp3) is 0.385. The van der Waals surface area contributed by atoms with E-state index in [1.165, 1.54) is 11.1 Å². The number of aromatic nitrogens is 2. The van der Waals surface area contributed by atoms with Crippen LogP contribution in [0.2, 0.25) is 0 Å². The number of benzene rings is 2. The number of hydrogen-bond donors (Lipinski definition) is 1. The van der Waals surface area contributed by atoms with Crippen molar-refractivity contribution < 1.29 is 9.47 Å². The van der Waals surface area contributed by atoms with Crippen molar-refractivity contribution in [2.45, 2.75) is 19.5 Å². The lowest BCUT2D eigenvalue weighted by Gasteiger charge is -2.34. The molecule has 7 nitrogen and oxygen atoms in total. The van der Waals surface area contributed by atoms with Crippen LogP contribution in [0, 0.1) is 0 Å². The predicted octanol–water partition coefficient (Wildman–Crippen LogP) is 3.54. The van der Waals surface area contributed by atoms with Crippen molar-refractivity contribution in [3.8, 4) is 11.5 Å². The molecule has 0 amide bonds. The molecule has 0 saturated carbocycles. The van der Waals surface area contributed by atoms with Gasteiger partial charge in [0.05, 0.1) is 7.11 Å². The molecule has 1 aliphatic heterocycles. The average molecular weight is 448 g/mol. The van der Waals surface area contributed by atoms with Gasteiger partial charge in [-0.1, -0.05) is 24.3 Å². The van der Waals surface area contributed by atoms with E-state index in [-0.39, 0.29) is 6.04 Å². The molecule has 1 fully saturated rings. The standard InChI is InChI=1S/C26H33N5O2/c1-21(23-7-4-8-24(19-23)32-2)29-20-22-6-3-9-25(18-22)33-17-16-30-12-14-31(15-13-30)26-27-10-5-11-28-26/h3-11,18-19,21,29H,12-17,20H2,1-2H3/t21-/m0/s1. The summed E-state index contributed by atoms with van der Waals surface area (Å²) in [4.78, 5) is 13.4. The second kappa shape index (κ2) is 11.6. The number of anilines is 1. The molecule has 1 atom stereocenters. The number of ether oxygens (including phenoxy) is 2. The smallest absolute Gasteiger partial charge is 0.225 e. The molecule has 1 N–H and O–H groups in total. The van der Waals surface area contributed by atoms with Gasteiger partial charge in [0, 0.05) is 57.7 Å². The SMILES string of the molecule is COc1cccc([C@H](C)NCc2cccc(OCCN3CCN(c4ncccn4)CC3)c2)c1. The van der Waals surface area contributed by atoms with Crippen molar-refractivity contribution in [2.24, 2.45) is 0 Å². The summed E-state index contributed by atoms with van der Waals surface area (Å²) in [5.74, 6) is 2.62. The lowest BCUT2D eigenvalue weighted by molar-refractivity contribution is 0.200. The quantitative estimate of drug-likeness (QED) is 0.510. The van der Waals surface area contributed by atoms with Crippen molar-refractivity contribution in [1.29, 1.82) is 0 Å². The summed E-state index contributed by atoms with van der Waals surface area (Å²) in [6.45, 7) is 8.41. The van der Waals surface area contributed by atoms with E-state index >= 15 is 0 Å². The molecule has 4 rings (SSSR count). The molecular weight excluding hydrogens is 414 g/mol. The van der Waals surface area contributed by atoms with Crippen LogP contribution in [-0.2, 0) is 6.54 Å². The molecule has 7 heteroatoms. The van der Waals surface area contributed by atoms with Crippen LogP contribution in [0.25, 0.3) is 0 Å². The van der Waals surface area contributed by atoms with Crippen LogP contribution < -0.4 is 19.7 Å². The first-order chi connectivity index (χ1) is 16.2. The van der Waals surface area contributed by atoms with E-state index < -0.39 is 0 Å². The molecule has 33 heavy (non-hydrogen) atoms. The van der Waals surface area contributed by atoms with Crippen LogP contribution in [0.3, 0.4) is 0 Å². The maximum Gasteiger partial charge on any atom is 0.225 e. The molecule has 3 aromatic rings. The number of nitrogens with zero attached hydrogens (tertiary/aromatic N) is 4. The number of piperazine rings is 1. The van der Waals surface area contributed by atoms with Crippen LogP contribution >= 0.6 is 0 Å². The minimum Gasteiger partial charge on any atom is -0.497 e. The lowest BCUT2D eigenvalue weighted by Crippen LogP contribution is -2.48. The molecule has 174 valence electrons. The van der Waals surface area contributed by atoms with E-state index in [0.717, 1.165) is 56.7 Å². The maximum atomic E-state index is 6.06. The Morgan fingerprint density at radius 1 is 0.939 bits per heavy atom. The van der Waals surface area contributed by atoms with Gasteiger partial charge in [-0.3, -0.25) is 4.90 Å². The van der Waals surface area contributed by atoms with Crippen LogP contribution in [-0.4, -0.2) is 61.3 Å². The summed E-state index contributed by atoms with van der Waals surface area (Å²) in [6, 6.07) is 18.6. The van der Waals surface area contributed by atoms with Gasteiger partial charge in [-0.25, -0.2) is 9.97 Å². The molecule has 1 aliphatic rings. The molecular formula is C26H33N5O2. The summed E-state index contributed by atoms with van der Waals surface area (Å²) in [5.41, 5.74) is 2.42. The summed E-state index contributed by atoms with van der Waals surface area (Å²) >= 11 is 0. The van der Waals surface area contributed by atoms with Gasteiger partial charge in [-0.2, -0.15) is 0 Å². The van der Waals surface area contributed by atoms with E-state index in [9.17, 15) is 0 Å². The minimum atomic E-state index is 0.227. The van der Waals surface area contributed by atoms with Crippen molar-refractivity contribution in [2.75, 3.05) is 51.3 Å². The molecule has 1 aromatic heterocycles. The Hall–Kier alpha value is -3.16. The highest BCUT2D eigenvalue weighted by Crippen LogP contribution is 2.20. The summed E-state index contributed by atoms with van der Waals surface area (Å²) in [7, 11) is 1.70. The molecule has 0 bridgehead atoms. The van der Waals surface area contributed by atoms with Crippen LogP contribution in [0.4, 0.5) is 5.95 Å². The van der Waals surface area contributed by atoms with Gasteiger partial charge in [0.25, 0.3) is 0 Å². The fourth-order valence-corrected chi connectivity index (χ4v) is 3.96. The summed E-state index contributed by atoms with van der Waals surface area (Å²) in [6.07, 6.45) is 3.59. The third-order valence-electron chi connectivity index (χ3n) is 5.99. The molecule has 2 heterocycles. The van der Waals surface area contributed by atoms with Gasteiger partial charge in [0.2, 0.25) is 5.95 Å². The normalized spacial score (nSPS) is 15.3. The Kier molecular flexibility index (Phi) is 8.11. The first kappa shape index (κ1) is 23.0. The Labute approximate surface area is 196 Å². The largest absolute Gasteiger partial charge is 0.497 e. The van der Waals surface area contributed by atoms with Gasteiger partial charge in [-0.15, -0.1) is 0 Å². The van der Waals surface area contributed by atoms with Crippen molar-refractivity contribution in [3.05, 3.63) is 78.1 Å². The lowest BCUT2D eigenvalue weighted by atomic mass is 10.1. The zero-order chi connectivity index (χ0) is 22.9. The van der Waals surface area contributed by atoms with Crippen molar-refractivity contribution in [3.63, 3.8) is 0 Å². The Morgan fingerprint density at radius 3 is 2.48 bits per heavy atom. The number of hydrogen-bond acceptors (Lipinski definition) is 7. The second-order valence-corrected chi connectivity index (χ2v) is 8.25. The Balaban J connectivity index is 1.19. The molecule has 2 aromatic carbocycles. The second-order valence-electron chi connectivity index (χ2n) is 8.25. The summed E-state index contributed by atoms with van der Waals surface area (Å²) < 4.78 is 11.4. The third kappa shape index (κ3) is 6.66. The summed E-state index contributed by atoms with van der Waals surface area (Å²) in [5, 5.41) is 3.58. The van der Waals surface area contributed by atoms with E-state index in [1.807, 2.05) is 24.3 Å². The molecule has 0 unspecified atom stereocenters. The highest BCUT2D eigenvalue weighted by atomic mass is 16.5. The zero-order valence-corrected chi connectivity index (χ0v) is 19.5. The van der Waals surface area contributed by atoms with E-state index in [2.05, 4.69) is 62.3 Å². The fourth-order valence-electron chi connectivity index (χ4n) is 3.96. The van der Waals surface area contributed by atoms with Crippen molar-refractivity contribution in [1.82, 2.24) is 20.2 Å². The minimum absolute atomic E-state index is 0.227. The van der Waals surface area contributed by atoms with Gasteiger partial charge >= 0.3 is 0 Å². The number of methoxy groups -OCH3 is 1. The maximum absolute atomic E-state index is 6.06. The van der Waals surface area contributed by atoms with Gasteiger partial charge in [-0.05, 0) is 48.4 Å². The monoisotopic (exact) mass is 447 g/mol. The Bertz CT molecular complexity index is 993. The topological polar surface area (TPSA) is 62.8 Å². The highest BCUT2D eigenvalue weighted by Gasteiger charge is 2.18. The van der Waals surface area contributed by atoms with Crippen LogP contribution in [0.1, 0.15) is 24.1 Å². The predicted molar refractivity (Wildman–Crippen MR) is 131 cm³/mol. The molecule has 0 aliphatic carbocycles. The molecule has 0 spiro atoms. The Morgan fingerprint density at radius 2 is 1.70 bits per heavy atom. The van der Waals surface area contributed by atoms with Gasteiger partial charge < -0.3 is 19.7 Å². The van der Waals surface area contributed by atoms with Crippen LogP contribution in [0.15, 0.2) is 67.0 Å². The average Bonchev–Trinajstić information content (AvgIpc) is 2.88. The van der Waals surface area contributed by atoms with E-state index in [1.54, 1.807) is 19.5 Å². The highest BCUT2D eigenvalue weighted by molar-refractivity contribution is 5.32. The van der Waals surface area contributed by atoms with Gasteiger partial charge in [0.1, 0.15) is 18.1 Å². The van der Waals surface area contributed by atoms with E-state index in [4.69, 9.17) is 9.47 Å². The first-order valence-electron chi connectivity index (χ1n) is 11.5. The van der Waals surface area contributed by atoms with E-state index in [0.29, 0.717) is 6.61 Å². The zero-order valence-electron chi connectivity index (χ0n) is 19.5. The number of nitrogens with one attached hydrogen (secondary N) is 1. The van der Waals surface area contributed by atoms with Crippen LogP contribution in [0.5, 0.6) is 11.5 Å². The molecule has 0 radical (unpaired) electrons. The van der Waals surface area contributed by atoms with Gasteiger partial charge in [0.15, 0.2) is 0 Å². The molecule has 1 saturated heterocycles.